The molecule has 0 spiro atoms. The summed E-state index contributed by atoms with van der Waals surface area (Å²) in [4.78, 5) is 2.38. The van der Waals surface area contributed by atoms with Gasteiger partial charge in [0.2, 0.25) is 0 Å². The van der Waals surface area contributed by atoms with E-state index in [1.165, 1.54) is 5.88 Å². The Hall–Kier alpha value is 0.310. The Morgan fingerprint density at radius 1 is 1.50 bits per heavy atom. The molecule has 2 atom stereocenters. The first-order chi connectivity index (χ1) is 3.72. The van der Waals surface area contributed by atoms with Gasteiger partial charge in [-0.05, 0) is 14.0 Å². The van der Waals surface area contributed by atoms with Crippen molar-refractivity contribution >= 4 is 11.8 Å². The SMILES string of the molecule is CC1SCN(C)C1C. The molecule has 1 aliphatic heterocycles. The summed E-state index contributed by atoms with van der Waals surface area (Å²) in [6.45, 7) is 4.57. The summed E-state index contributed by atoms with van der Waals surface area (Å²) in [5.74, 6) is 1.21. The van der Waals surface area contributed by atoms with Crippen molar-refractivity contribution in [2.75, 3.05) is 12.9 Å². The van der Waals surface area contributed by atoms with Crippen molar-refractivity contribution < 1.29 is 0 Å². The lowest BCUT2D eigenvalue weighted by atomic mass is 10.2. The van der Waals surface area contributed by atoms with Gasteiger partial charge >= 0.3 is 0 Å². The lowest BCUT2D eigenvalue weighted by Gasteiger charge is -2.14. The molecule has 0 saturated carbocycles. The fraction of sp³-hybridized carbons (Fsp3) is 1.00. The zero-order chi connectivity index (χ0) is 6.15. The van der Waals surface area contributed by atoms with E-state index in [1.807, 2.05) is 11.8 Å². The average Bonchev–Trinajstić information content (AvgIpc) is 1.98. The van der Waals surface area contributed by atoms with Gasteiger partial charge in [0.05, 0.1) is 0 Å². The molecule has 0 radical (unpaired) electrons. The van der Waals surface area contributed by atoms with Gasteiger partial charge in [0.1, 0.15) is 0 Å². The van der Waals surface area contributed by atoms with Gasteiger partial charge in [0.15, 0.2) is 0 Å². The first-order valence-electron chi connectivity index (χ1n) is 3.03. The van der Waals surface area contributed by atoms with E-state index < -0.39 is 0 Å². The van der Waals surface area contributed by atoms with Crippen LogP contribution in [-0.4, -0.2) is 29.1 Å². The van der Waals surface area contributed by atoms with Crippen molar-refractivity contribution in [2.24, 2.45) is 0 Å². The molecule has 0 aromatic rings. The summed E-state index contributed by atoms with van der Waals surface area (Å²) < 4.78 is 0. The van der Waals surface area contributed by atoms with Gasteiger partial charge in [0.25, 0.3) is 0 Å². The van der Waals surface area contributed by atoms with Gasteiger partial charge in [-0.25, -0.2) is 0 Å². The molecular weight excluding hydrogens is 118 g/mol. The highest BCUT2D eigenvalue weighted by Crippen LogP contribution is 2.26. The maximum Gasteiger partial charge on any atom is 0.0447 e. The molecule has 1 nitrogen and oxygen atoms in total. The molecule has 48 valence electrons. The first-order valence-corrected chi connectivity index (χ1v) is 4.08. The van der Waals surface area contributed by atoms with Crippen LogP contribution in [0.1, 0.15) is 13.8 Å². The third-order valence-electron chi connectivity index (χ3n) is 1.92. The van der Waals surface area contributed by atoms with Gasteiger partial charge in [-0.3, -0.25) is 4.90 Å². The summed E-state index contributed by atoms with van der Waals surface area (Å²) in [6.07, 6.45) is 0. The van der Waals surface area contributed by atoms with Crippen molar-refractivity contribution in [1.29, 1.82) is 0 Å². The van der Waals surface area contributed by atoms with Gasteiger partial charge in [-0.1, -0.05) is 6.92 Å². The maximum atomic E-state index is 2.38. The molecule has 1 saturated heterocycles. The fourth-order valence-electron chi connectivity index (χ4n) is 0.850. The first kappa shape index (κ1) is 6.43. The minimum Gasteiger partial charge on any atom is -0.293 e. The van der Waals surface area contributed by atoms with Crippen molar-refractivity contribution in [3.63, 3.8) is 0 Å². The monoisotopic (exact) mass is 131 g/mol. The summed E-state index contributed by atoms with van der Waals surface area (Å²) in [7, 11) is 2.18. The second-order valence-corrected chi connectivity index (χ2v) is 3.83. The third-order valence-corrected chi connectivity index (χ3v) is 3.39. The second kappa shape index (κ2) is 2.28. The zero-order valence-electron chi connectivity index (χ0n) is 5.72. The molecular formula is C6H13NS. The number of hydrogen-bond donors (Lipinski definition) is 0. The molecule has 2 unspecified atom stereocenters. The molecule has 1 aliphatic rings. The van der Waals surface area contributed by atoms with Crippen LogP contribution in [0.15, 0.2) is 0 Å². The molecule has 2 heteroatoms. The highest BCUT2D eigenvalue weighted by Gasteiger charge is 2.23. The minimum atomic E-state index is 0.778. The molecule has 0 aromatic heterocycles. The summed E-state index contributed by atoms with van der Waals surface area (Å²) in [5, 5.41) is 0.833. The summed E-state index contributed by atoms with van der Waals surface area (Å²) >= 11 is 2.04. The van der Waals surface area contributed by atoms with Crippen LogP contribution in [0.25, 0.3) is 0 Å². The average molecular weight is 131 g/mol. The van der Waals surface area contributed by atoms with Gasteiger partial charge in [-0.2, -0.15) is 0 Å². The van der Waals surface area contributed by atoms with Gasteiger partial charge in [0, 0.05) is 17.2 Å². The van der Waals surface area contributed by atoms with Crippen LogP contribution >= 0.6 is 11.8 Å². The Morgan fingerprint density at radius 3 is 2.25 bits per heavy atom. The molecule has 1 heterocycles. The summed E-state index contributed by atoms with van der Waals surface area (Å²) in [5.41, 5.74) is 0. The molecule has 1 rings (SSSR count). The van der Waals surface area contributed by atoms with Crippen LogP contribution in [0, 0.1) is 0 Å². The van der Waals surface area contributed by atoms with Crippen molar-refractivity contribution in [1.82, 2.24) is 4.90 Å². The molecule has 0 amide bonds. The number of rotatable bonds is 0. The van der Waals surface area contributed by atoms with Crippen LogP contribution in [-0.2, 0) is 0 Å². The lowest BCUT2D eigenvalue weighted by molar-refractivity contribution is 0.322. The number of hydrogen-bond acceptors (Lipinski definition) is 2. The van der Waals surface area contributed by atoms with Crippen LogP contribution in [0.5, 0.6) is 0 Å². The highest BCUT2D eigenvalue weighted by molar-refractivity contribution is 8.00. The summed E-state index contributed by atoms with van der Waals surface area (Å²) in [6, 6.07) is 0.778. The predicted molar refractivity (Wildman–Crippen MR) is 39.1 cm³/mol. The highest BCUT2D eigenvalue weighted by atomic mass is 32.2. The Labute approximate surface area is 55.4 Å². The maximum absolute atomic E-state index is 2.38. The predicted octanol–water partition coefficient (Wildman–Crippen LogP) is 1.40. The van der Waals surface area contributed by atoms with E-state index in [0.29, 0.717) is 0 Å². The molecule has 0 aliphatic carbocycles. The molecule has 8 heavy (non-hydrogen) atoms. The molecule has 0 N–H and O–H groups in total. The molecule has 1 fully saturated rings. The second-order valence-electron chi connectivity index (χ2n) is 2.50. The fourth-order valence-corrected chi connectivity index (χ4v) is 2.04. The normalized spacial score (nSPS) is 40.9. The Morgan fingerprint density at radius 2 is 2.12 bits per heavy atom. The topological polar surface area (TPSA) is 3.24 Å². The Balaban J connectivity index is 2.44. The number of nitrogens with zero attached hydrogens (tertiary/aromatic N) is 1. The van der Waals surface area contributed by atoms with E-state index in [9.17, 15) is 0 Å². The van der Waals surface area contributed by atoms with E-state index in [-0.39, 0.29) is 0 Å². The van der Waals surface area contributed by atoms with Crippen molar-refractivity contribution in [3.8, 4) is 0 Å². The van der Waals surface area contributed by atoms with E-state index in [0.717, 1.165) is 11.3 Å². The zero-order valence-corrected chi connectivity index (χ0v) is 6.53. The van der Waals surface area contributed by atoms with Crippen LogP contribution < -0.4 is 0 Å². The molecule has 0 aromatic carbocycles. The third kappa shape index (κ3) is 1.00. The Kier molecular flexibility index (Phi) is 1.83. The van der Waals surface area contributed by atoms with Crippen molar-refractivity contribution in [3.05, 3.63) is 0 Å². The van der Waals surface area contributed by atoms with Crippen LogP contribution in [0.3, 0.4) is 0 Å². The van der Waals surface area contributed by atoms with Crippen LogP contribution in [0.4, 0.5) is 0 Å². The van der Waals surface area contributed by atoms with E-state index in [2.05, 4.69) is 25.8 Å². The standard InChI is InChI=1S/C6H13NS/c1-5-6(2)8-4-7(5)3/h5-6H,4H2,1-3H3. The van der Waals surface area contributed by atoms with E-state index in [1.54, 1.807) is 0 Å². The van der Waals surface area contributed by atoms with Gasteiger partial charge < -0.3 is 0 Å². The van der Waals surface area contributed by atoms with Crippen molar-refractivity contribution in [2.45, 2.75) is 25.1 Å². The quantitative estimate of drug-likeness (QED) is 0.489. The minimum absolute atomic E-state index is 0.778. The Bertz CT molecular complexity index is 74.6. The van der Waals surface area contributed by atoms with Crippen LogP contribution in [0.2, 0.25) is 0 Å². The van der Waals surface area contributed by atoms with E-state index in [4.69, 9.17) is 0 Å². The molecule has 0 bridgehead atoms. The van der Waals surface area contributed by atoms with Gasteiger partial charge in [-0.15, -0.1) is 11.8 Å². The smallest absolute Gasteiger partial charge is 0.0447 e. The van der Waals surface area contributed by atoms with E-state index >= 15 is 0 Å². The largest absolute Gasteiger partial charge is 0.293 e. The lowest BCUT2D eigenvalue weighted by Crippen LogP contribution is -2.26. The number of thioether (sulfide) groups is 1.